The molecule has 0 aromatic heterocycles. The van der Waals surface area contributed by atoms with Gasteiger partial charge in [0.05, 0.1) is 0 Å². The number of hydrogen-bond donors (Lipinski definition) is 1. The van der Waals surface area contributed by atoms with Crippen LogP contribution in [0.3, 0.4) is 0 Å². The minimum absolute atomic E-state index is 0.640. The van der Waals surface area contributed by atoms with Gasteiger partial charge in [-0.3, -0.25) is 0 Å². The summed E-state index contributed by atoms with van der Waals surface area (Å²) in [6, 6.07) is 9.99. The summed E-state index contributed by atoms with van der Waals surface area (Å²) in [7, 11) is 8.64. The summed E-state index contributed by atoms with van der Waals surface area (Å²) in [6.45, 7) is 0.640. The molecule has 1 rings (SSSR count). The molecular weight excluding hydrogens is 487 g/mol. The second-order valence-electron chi connectivity index (χ2n) is 2.05. The number of hydrogen-bond acceptors (Lipinski definition) is 5. The SMILES string of the molecule is NCc1ccccc1.O=I(=O)Cl.O=I(=O)Cl. The van der Waals surface area contributed by atoms with E-state index < -0.39 is 37.3 Å². The average molecular weight is 496 g/mol. The molecule has 9 heteroatoms. The van der Waals surface area contributed by atoms with Gasteiger partial charge < -0.3 is 5.73 Å². The molecule has 0 atom stereocenters. The molecule has 5 nitrogen and oxygen atoms in total. The monoisotopic (exact) mass is 495 g/mol. The lowest BCUT2D eigenvalue weighted by Gasteiger charge is -1.90. The summed E-state index contributed by atoms with van der Waals surface area (Å²) in [4.78, 5) is 0. The normalized spacial score (nSPS) is 8.81. The molecular formula is C7H9Cl2I2NO4. The van der Waals surface area contributed by atoms with Crippen molar-refractivity contribution < 1.29 is 12.3 Å². The van der Waals surface area contributed by atoms with Gasteiger partial charge in [-0.25, -0.2) is 12.3 Å². The van der Waals surface area contributed by atoms with Crippen molar-refractivity contribution in [1.29, 1.82) is 0 Å². The largest absolute Gasteiger partial charge is 0.409 e. The van der Waals surface area contributed by atoms with E-state index in [1.807, 2.05) is 30.3 Å². The van der Waals surface area contributed by atoms with E-state index in [-0.39, 0.29) is 0 Å². The van der Waals surface area contributed by atoms with Crippen LogP contribution in [0, 0.1) is 0 Å². The molecule has 0 aliphatic carbocycles. The second-order valence-corrected chi connectivity index (χ2v) is 7.23. The highest BCUT2D eigenvalue weighted by Crippen LogP contribution is 2.07. The Morgan fingerprint density at radius 3 is 1.44 bits per heavy atom. The van der Waals surface area contributed by atoms with E-state index in [1.165, 1.54) is 5.56 Å². The summed E-state index contributed by atoms with van der Waals surface area (Å²) >= 11 is -6.58. The number of benzene rings is 1. The first kappa shape index (κ1) is 18.8. The van der Waals surface area contributed by atoms with Crippen molar-refractivity contribution in [2.24, 2.45) is 5.73 Å². The van der Waals surface area contributed by atoms with Gasteiger partial charge in [0.15, 0.2) is 0 Å². The second kappa shape index (κ2) is 13.5. The Labute approximate surface area is 114 Å². The average Bonchev–Trinajstić information content (AvgIpc) is 2.17. The van der Waals surface area contributed by atoms with Gasteiger partial charge >= 0.3 is 37.3 Å². The lowest BCUT2D eigenvalue weighted by atomic mass is 10.2. The zero-order valence-electron chi connectivity index (χ0n) is 7.82. The first-order chi connectivity index (χ1) is 7.40. The summed E-state index contributed by atoms with van der Waals surface area (Å²) in [5, 5.41) is 0. The van der Waals surface area contributed by atoms with Crippen LogP contribution in [0.2, 0.25) is 0 Å². The fourth-order valence-electron chi connectivity index (χ4n) is 0.614. The molecule has 0 unspecified atom stereocenters. The van der Waals surface area contributed by atoms with Gasteiger partial charge in [0, 0.05) is 24.4 Å². The van der Waals surface area contributed by atoms with E-state index in [4.69, 9.17) is 18.0 Å². The summed E-state index contributed by atoms with van der Waals surface area (Å²) in [5.74, 6) is 0. The van der Waals surface area contributed by atoms with Gasteiger partial charge in [-0.1, -0.05) is 30.3 Å². The maximum Gasteiger partial charge on any atom is 0.409 e. The van der Waals surface area contributed by atoms with Crippen LogP contribution in [0.25, 0.3) is 0 Å². The van der Waals surface area contributed by atoms with Crippen LogP contribution in [0.5, 0.6) is 0 Å². The van der Waals surface area contributed by atoms with Crippen LogP contribution in [0.1, 0.15) is 5.56 Å². The quantitative estimate of drug-likeness (QED) is 0.598. The summed E-state index contributed by atoms with van der Waals surface area (Å²) < 4.78 is 35.6. The molecule has 0 heterocycles. The van der Waals surface area contributed by atoms with Gasteiger partial charge in [0.25, 0.3) is 0 Å². The molecule has 0 saturated carbocycles. The van der Waals surface area contributed by atoms with Crippen LogP contribution in [0.4, 0.5) is 0 Å². The van der Waals surface area contributed by atoms with Gasteiger partial charge in [-0.15, -0.1) is 0 Å². The molecule has 0 radical (unpaired) electrons. The minimum atomic E-state index is -3.29. The summed E-state index contributed by atoms with van der Waals surface area (Å²) in [6.07, 6.45) is 0. The number of nitrogens with two attached hydrogens (primary N) is 1. The molecule has 16 heavy (non-hydrogen) atoms. The first-order valence-electron chi connectivity index (χ1n) is 3.58. The van der Waals surface area contributed by atoms with Crippen molar-refractivity contribution >= 4 is 55.1 Å². The maximum absolute atomic E-state index is 8.89. The Hall–Kier alpha value is 0.420. The van der Waals surface area contributed by atoms with Crippen LogP contribution < -0.4 is 5.73 Å². The Morgan fingerprint density at radius 2 is 1.25 bits per heavy atom. The van der Waals surface area contributed by atoms with Crippen molar-refractivity contribution in [2.45, 2.75) is 6.54 Å². The zero-order chi connectivity index (χ0) is 13.0. The molecule has 1 aromatic carbocycles. The maximum atomic E-state index is 8.89. The minimum Gasteiger partial charge on any atom is -0.326 e. The predicted octanol–water partition coefficient (Wildman–Crippen LogP) is 3.82. The zero-order valence-corrected chi connectivity index (χ0v) is 13.6. The van der Waals surface area contributed by atoms with Crippen molar-refractivity contribution in [3.63, 3.8) is 0 Å². The third kappa shape index (κ3) is 23.9. The number of halogens is 4. The van der Waals surface area contributed by atoms with Crippen LogP contribution in [-0.4, -0.2) is 0 Å². The lowest BCUT2D eigenvalue weighted by Crippen LogP contribution is -1.94. The van der Waals surface area contributed by atoms with E-state index in [0.717, 1.165) is 0 Å². The van der Waals surface area contributed by atoms with Gasteiger partial charge in [0.2, 0.25) is 0 Å². The standard InChI is InChI=1S/C7H9N.2ClIO2/c8-6-7-4-2-1-3-5-7;2*1-2(3)4/h1-5H,6,8H2;;. The highest BCUT2D eigenvalue weighted by Gasteiger charge is 1.80. The van der Waals surface area contributed by atoms with E-state index >= 15 is 0 Å². The highest BCUT2D eigenvalue weighted by atomic mass is 127. The smallest absolute Gasteiger partial charge is 0.326 e. The molecule has 0 amide bonds. The molecule has 94 valence electrons. The van der Waals surface area contributed by atoms with Crippen molar-refractivity contribution in [3.05, 3.63) is 35.9 Å². The predicted molar refractivity (Wildman–Crippen MR) is 76.8 cm³/mol. The van der Waals surface area contributed by atoms with Crippen molar-refractivity contribution in [3.8, 4) is 0 Å². The Balaban J connectivity index is 0. The van der Waals surface area contributed by atoms with Gasteiger partial charge in [0.1, 0.15) is 0 Å². The van der Waals surface area contributed by atoms with Crippen LogP contribution in [-0.2, 0) is 18.8 Å². The van der Waals surface area contributed by atoms with E-state index in [9.17, 15) is 0 Å². The Morgan fingerprint density at radius 1 is 0.938 bits per heavy atom. The third-order valence-corrected chi connectivity index (χ3v) is 1.08. The van der Waals surface area contributed by atoms with Crippen LogP contribution >= 0.6 is 55.1 Å². The van der Waals surface area contributed by atoms with E-state index in [1.54, 1.807) is 0 Å². The fraction of sp³-hybridized carbons (Fsp3) is 0.143. The molecule has 0 fully saturated rings. The molecule has 0 spiro atoms. The first-order valence-corrected chi connectivity index (χ1v) is 12.6. The molecule has 2 N–H and O–H groups in total. The van der Waals surface area contributed by atoms with E-state index in [2.05, 4.69) is 17.8 Å². The summed E-state index contributed by atoms with van der Waals surface area (Å²) in [5.41, 5.74) is 6.54. The lowest BCUT2D eigenvalue weighted by molar-refractivity contribution is 0.610. The Bertz CT molecular complexity index is 370. The molecule has 1 aromatic rings. The molecule has 0 aliphatic heterocycles. The Kier molecular flexibility index (Phi) is 15.8. The fourth-order valence-corrected chi connectivity index (χ4v) is 0.614. The van der Waals surface area contributed by atoms with Crippen molar-refractivity contribution in [2.75, 3.05) is 0 Å². The number of rotatable bonds is 1. The third-order valence-electron chi connectivity index (χ3n) is 1.08. The highest BCUT2D eigenvalue weighted by molar-refractivity contribution is 14.2. The van der Waals surface area contributed by atoms with E-state index in [0.29, 0.717) is 6.54 Å². The molecule has 0 saturated heterocycles. The topological polar surface area (TPSA) is 94.3 Å². The van der Waals surface area contributed by atoms with Gasteiger partial charge in [-0.2, -0.15) is 0 Å². The van der Waals surface area contributed by atoms with Crippen molar-refractivity contribution in [1.82, 2.24) is 0 Å². The van der Waals surface area contributed by atoms with Crippen LogP contribution in [0.15, 0.2) is 30.3 Å². The molecule has 0 bridgehead atoms. The molecule has 0 aliphatic rings. The van der Waals surface area contributed by atoms with Gasteiger partial charge in [-0.05, 0) is 5.56 Å².